The average Bonchev–Trinajstić information content (AvgIpc) is 3.05. The second-order valence-electron chi connectivity index (χ2n) is 6.06. The van der Waals surface area contributed by atoms with Gasteiger partial charge in [0, 0.05) is 0 Å². The van der Waals surface area contributed by atoms with E-state index in [1.54, 1.807) is 0 Å². The molecule has 150 valence electrons. The number of hydrogen-bond donors (Lipinski definition) is 0. The number of hydrogen-bond acceptors (Lipinski definition) is 10. The van der Waals surface area contributed by atoms with Gasteiger partial charge in [0.05, 0.1) is 0 Å². The van der Waals surface area contributed by atoms with E-state index >= 15 is 0 Å². The highest BCUT2D eigenvalue weighted by Crippen LogP contribution is 2.50. The van der Waals surface area contributed by atoms with Crippen molar-refractivity contribution < 1.29 is 29.7 Å². The molecule has 0 radical (unpaired) electrons. The van der Waals surface area contributed by atoms with E-state index in [0.29, 0.717) is 9.80 Å². The Morgan fingerprint density at radius 3 is 0.857 bits per heavy atom. The third kappa shape index (κ3) is 1.63. The van der Waals surface area contributed by atoms with E-state index in [1.807, 2.05) is 0 Å². The van der Waals surface area contributed by atoms with Crippen molar-refractivity contribution in [3.63, 3.8) is 0 Å². The van der Waals surface area contributed by atoms with Crippen molar-refractivity contribution in [1.82, 2.24) is 29.8 Å². The molecule has 0 saturated carbocycles. The van der Waals surface area contributed by atoms with Crippen molar-refractivity contribution in [2.75, 3.05) is 0 Å². The quantitative estimate of drug-likeness (QED) is 0.233. The van der Waals surface area contributed by atoms with Gasteiger partial charge >= 0.3 is 0 Å². The summed E-state index contributed by atoms with van der Waals surface area (Å²) in [6.07, 6.45) is -11.5. The van der Waals surface area contributed by atoms with Crippen LogP contribution in [0.4, 0.5) is 0 Å². The number of amides is 2. The summed E-state index contributed by atoms with van der Waals surface area (Å²) in [7, 11) is 0. The van der Waals surface area contributed by atoms with Crippen LogP contribution in [0.25, 0.3) is 0 Å². The molecule has 20 heteroatoms. The first-order valence-corrected chi connectivity index (χ1v) is 7.35. The minimum Gasteiger partial charge on any atom is -0.286 e. The molecule has 5 rings (SSSR count). The molecule has 5 heterocycles. The maximum absolute atomic E-state index is 11.7. The second kappa shape index (κ2) is 5.14. The van der Waals surface area contributed by atoms with E-state index in [2.05, 4.69) is 0 Å². The van der Waals surface area contributed by atoms with E-state index < -0.39 is 57.1 Å². The molecule has 5 fully saturated rings. The highest BCUT2D eigenvalue weighted by atomic mass is 16.7. The molecule has 5 saturated heterocycles. The van der Waals surface area contributed by atoms with Crippen molar-refractivity contribution in [3.05, 3.63) is 40.5 Å². The van der Waals surface area contributed by atoms with Crippen LogP contribution in [0.15, 0.2) is 0 Å². The number of rotatable bonds is 6. The molecular weight excluding hydrogens is 396 g/mol. The van der Waals surface area contributed by atoms with Crippen LogP contribution in [0.5, 0.6) is 0 Å². The number of nitrogens with zero attached hydrogens (tertiary/aromatic N) is 10. The van der Waals surface area contributed by atoms with Gasteiger partial charge in [-0.3, -0.25) is 19.4 Å². The topological polar surface area (TPSA) is 226 Å². The summed E-state index contributed by atoms with van der Waals surface area (Å²) in [5, 5.41) is 42.5. The van der Waals surface area contributed by atoms with Crippen molar-refractivity contribution >= 4 is 12.8 Å². The number of nitro groups is 4. The smallest absolute Gasteiger partial charge is 0.272 e. The van der Waals surface area contributed by atoms with E-state index in [-0.39, 0.29) is 32.9 Å². The van der Waals surface area contributed by atoms with Crippen molar-refractivity contribution in [3.8, 4) is 0 Å². The normalized spacial score (nSPS) is 34.7. The fourth-order valence-corrected chi connectivity index (χ4v) is 4.46. The molecular formula is C8H8N10O10. The molecule has 28 heavy (non-hydrogen) atoms. The van der Waals surface area contributed by atoms with Crippen LogP contribution in [-0.2, 0) is 9.59 Å². The summed E-state index contributed by atoms with van der Waals surface area (Å²) in [6.45, 7) is 0. The summed E-state index contributed by atoms with van der Waals surface area (Å²) >= 11 is 0. The van der Waals surface area contributed by atoms with Crippen LogP contribution in [-0.4, -0.2) is 99.8 Å². The zero-order chi connectivity index (χ0) is 20.7. The van der Waals surface area contributed by atoms with Gasteiger partial charge in [0.25, 0.3) is 12.3 Å². The summed E-state index contributed by atoms with van der Waals surface area (Å²) in [5.41, 5.74) is 0. The number of hydrazine groups is 4. The van der Waals surface area contributed by atoms with Crippen LogP contribution in [0.3, 0.4) is 0 Å². The monoisotopic (exact) mass is 404 g/mol. The summed E-state index contributed by atoms with van der Waals surface area (Å²) in [5.74, 6) is 0. The first-order valence-electron chi connectivity index (χ1n) is 7.35. The third-order valence-corrected chi connectivity index (χ3v) is 5.19. The molecule has 6 atom stereocenters. The van der Waals surface area contributed by atoms with Gasteiger partial charge in [-0.15, -0.1) is 0 Å². The van der Waals surface area contributed by atoms with E-state index in [4.69, 9.17) is 0 Å². The molecule has 0 aromatic heterocycles. The Bertz CT molecular complexity index is 700. The first kappa shape index (κ1) is 17.2. The van der Waals surface area contributed by atoms with Crippen LogP contribution in [0.1, 0.15) is 0 Å². The zero-order valence-corrected chi connectivity index (χ0v) is 13.2. The molecule has 20 nitrogen and oxygen atoms in total. The Kier molecular flexibility index (Phi) is 3.15. The molecule has 5 aliphatic heterocycles. The summed E-state index contributed by atoms with van der Waals surface area (Å²) in [4.78, 5) is 71.0. The lowest BCUT2D eigenvalue weighted by molar-refractivity contribution is -0.746. The van der Waals surface area contributed by atoms with Gasteiger partial charge in [-0.2, -0.15) is 0 Å². The van der Waals surface area contributed by atoms with Crippen LogP contribution in [0, 0.1) is 40.5 Å². The Hall–Kier alpha value is -4.26. The molecule has 2 unspecified atom stereocenters. The molecule has 0 aromatic carbocycles. The highest BCUT2D eigenvalue weighted by Gasteiger charge is 2.84. The van der Waals surface area contributed by atoms with E-state index in [0.717, 1.165) is 0 Å². The average molecular weight is 404 g/mol. The minimum absolute atomic E-state index is 0.0309. The Balaban J connectivity index is 2.08. The molecule has 0 N–H and O–H groups in total. The lowest BCUT2D eigenvalue weighted by Crippen LogP contribution is -2.74. The fraction of sp³-hybridized carbons (Fsp3) is 0.750. The summed E-state index contributed by atoms with van der Waals surface area (Å²) < 4.78 is 0. The lowest BCUT2D eigenvalue weighted by Gasteiger charge is -2.46. The largest absolute Gasteiger partial charge is 0.286 e. The van der Waals surface area contributed by atoms with Gasteiger partial charge in [-0.25, -0.2) is 40.5 Å². The predicted octanol–water partition coefficient (Wildman–Crippen LogP) is -4.11. The van der Waals surface area contributed by atoms with Gasteiger partial charge < -0.3 is 0 Å². The SMILES string of the molecule is O=CN1[C@H]2[C@H]3N(C=O)[C@H]4[C@@H]1N([N+](=O)[O-])C(C(N2[N+](=O)[O-])N3[N+](=O)[O-])N4[N+](=O)[O-]. The molecule has 6 bridgehead atoms. The number of piperazine rings is 1. The van der Waals surface area contributed by atoms with Crippen molar-refractivity contribution in [2.24, 2.45) is 0 Å². The highest BCUT2D eigenvalue weighted by molar-refractivity contribution is 5.55. The first-order chi connectivity index (χ1) is 13.2. The molecule has 0 aromatic rings. The predicted molar refractivity (Wildman–Crippen MR) is 73.9 cm³/mol. The third-order valence-electron chi connectivity index (χ3n) is 5.19. The van der Waals surface area contributed by atoms with Crippen LogP contribution < -0.4 is 0 Å². The minimum atomic E-state index is -2.15. The molecule has 0 aliphatic carbocycles. The van der Waals surface area contributed by atoms with Gasteiger partial charge in [0.1, 0.15) is 0 Å². The standard InChI is InChI=1S/C8H8N10O10/c19-1-9-3-5-10(2-20)6-4(9)12(16(23)24)8(14(6)18(27)28)7(11(3)15(21)22)13(5)17(25)26/h1-8H/t3-,4+,5+,6-,7?,8?. The Labute approximate surface area is 151 Å². The molecule has 5 aliphatic rings. The zero-order valence-electron chi connectivity index (χ0n) is 13.2. The van der Waals surface area contributed by atoms with E-state index in [9.17, 15) is 50.0 Å². The molecule has 0 spiro atoms. The number of carbonyl (C=O) groups excluding carboxylic acids is 2. The maximum atomic E-state index is 11.7. The van der Waals surface area contributed by atoms with Crippen molar-refractivity contribution in [1.29, 1.82) is 0 Å². The van der Waals surface area contributed by atoms with Gasteiger partial charge in [0.15, 0.2) is 20.1 Å². The maximum Gasteiger partial charge on any atom is 0.272 e. The van der Waals surface area contributed by atoms with Crippen LogP contribution >= 0.6 is 0 Å². The lowest BCUT2D eigenvalue weighted by atomic mass is 10.1. The number of carbonyl (C=O) groups is 2. The van der Waals surface area contributed by atoms with E-state index in [1.165, 1.54) is 0 Å². The van der Waals surface area contributed by atoms with Gasteiger partial charge in [-0.1, -0.05) is 20.0 Å². The van der Waals surface area contributed by atoms with Crippen molar-refractivity contribution in [2.45, 2.75) is 37.0 Å². The molecule has 2 amide bonds. The van der Waals surface area contributed by atoms with Gasteiger partial charge in [-0.05, 0) is 0 Å². The second-order valence-corrected chi connectivity index (χ2v) is 6.06. The Morgan fingerprint density at radius 2 is 0.714 bits per heavy atom. The van der Waals surface area contributed by atoms with Gasteiger partial charge in [0.2, 0.25) is 37.5 Å². The Morgan fingerprint density at radius 1 is 0.500 bits per heavy atom. The fourth-order valence-electron chi connectivity index (χ4n) is 4.46. The summed E-state index contributed by atoms with van der Waals surface area (Å²) in [6, 6.07) is 0. The van der Waals surface area contributed by atoms with Crippen LogP contribution in [0.2, 0.25) is 0 Å².